The van der Waals surface area contributed by atoms with Crippen molar-refractivity contribution in [3.8, 4) is 11.5 Å². The Labute approximate surface area is 107 Å². The van der Waals surface area contributed by atoms with Gasteiger partial charge in [-0.1, -0.05) is 26.2 Å². The summed E-state index contributed by atoms with van der Waals surface area (Å²) in [7, 11) is 0. The highest BCUT2D eigenvalue weighted by Gasteiger charge is 2.16. The first-order valence-corrected chi connectivity index (χ1v) is 6.26. The zero-order valence-electron chi connectivity index (χ0n) is 10.9. The number of esters is 1. The molecule has 0 heterocycles. The van der Waals surface area contributed by atoms with Crippen molar-refractivity contribution >= 4 is 5.97 Å². The lowest BCUT2D eigenvalue weighted by Gasteiger charge is -2.09. The number of carbonyl (C=O) groups excluding carboxylic acids is 1. The average Bonchev–Trinajstić information content (AvgIpc) is 2.27. The van der Waals surface area contributed by atoms with E-state index in [1.807, 2.05) is 0 Å². The molecule has 4 heteroatoms. The number of phenols is 2. The first-order valence-electron chi connectivity index (χ1n) is 6.26. The first-order chi connectivity index (χ1) is 8.56. The zero-order valence-corrected chi connectivity index (χ0v) is 10.9. The van der Waals surface area contributed by atoms with E-state index in [4.69, 9.17) is 4.74 Å². The molecule has 0 saturated carbocycles. The van der Waals surface area contributed by atoms with Gasteiger partial charge in [-0.05, 0) is 25.0 Å². The van der Waals surface area contributed by atoms with Gasteiger partial charge in [0.2, 0.25) is 0 Å². The molecule has 0 spiro atoms. The van der Waals surface area contributed by atoms with Crippen LogP contribution in [0.4, 0.5) is 0 Å². The first kappa shape index (κ1) is 14.4. The van der Waals surface area contributed by atoms with Crippen LogP contribution in [0.3, 0.4) is 0 Å². The molecule has 1 rings (SSSR count). The molecule has 0 aliphatic carbocycles. The Kier molecular flexibility index (Phi) is 5.49. The lowest BCUT2D eigenvalue weighted by Crippen LogP contribution is -2.08. The molecule has 0 radical (unpaired) electrons. The largest absolute Gasteiger partial charge is 0.508 e. The Balaban J connectivity index is 2.57. The number of aryl methyl sites for hydroxylation is 1. The quantitative estimate of drug-likeness (QED) is 0.603. The molecule has 0 amide bonds. The number of phenolic OH excluding ortho intramolecular Hbond substituents is 2. The number of aromatic hydroxyl groups is 2. The van der Waals surface area contributed by atoms with E-state index in [2.05, 4.69) is 6.92 Å². The second-order valence-corrected chi connectivity index (χ2v) is 4.35. The normalized spacial score (nSPS) is 10.3. The van der Waals surface area contributed by atoms with E-state index in [9.17, 15) is 15.0 Å². The van der Waals surface area contributed by atoms with Crippen LogP contribution in [0.1, 0.15) is 48.5 Å². The van der Waals surface area contributed by atoms with E-state index in [0.717, 1.165) is 31.7 Å². The number of hydrogen-bond donors (Lipinski definition) is 2. The van der Waals surface area contributed by atoms with Gasteiger partial charge in [-0.2, -0.15) is 0 Å². The van der Waals surface area contributed by atoms with Gasteiger partial charge >= 0.3 is 5.97 Å². The molecule has 0 fully saturated rings. The fraction of sp³-hybridized carbons (Fsp3) is 0.500. The monoisotopic (exact) mass is 252 g/mol. The summed E-state index contributed by atoms with van der Waals surface area (Å²) in [4.78, 5) is 11.8. The molecule has 1 aromatic rings. The third-order valence-electron chi connectivity index (χ3n) is 2.73. The van der Waals surface area contributed by atoms with E-state index in [1.54, 1.807) is 6.92 Å². The molecule has 18 heavy (non-hydrogen) atoms. The van der Waals surface area contributed by atoms with Crippen LogP contribution in [0.5, 0.6) is 11.5 Å². The highest BCUT2D eigenvalue weighted by Crippen LogP contribution is 2.27. The minimum atomic E-state index is -0.540. The third-order valence-corrected chi connectivity index (χ3v) is 2.73. The minimum absolute atomic E-state index is 0.0653. The molecular formula is C14H20O4. The smallest absolute Gasteiger partial charge is 0.342 e. The van der Waals surface area contributed by atoms with Gasteiger partial charge in [0.1, 0.15) is 17.1 Å². The molecule has 0 aromatic heterocycles. The highest BCUT2D eigenvalue weighted by molar-refractivity contribution is 5.94. The predicted molar refractivity (Wildman–Crippen MR) is 68.9 cm³/mol. The fourth-order valence-corrected chi connectivity index (χ4v) is 1.78. The van der Waals surface area contributed by atoms with Crippen molar-refractivity contribution < 1.29 is 19.7 Å². The number of ether oxygens (including phenoxy) is 1. The molecule has 0 aliphatic rings. The van der Waals surface area contributed by atoms with Crippen LogP contribution in [0.2, 0.25) is 0 Å². The summed E-state index contributed by atoms with van der Waals surface area (Å²) in [6.07, 6.45) is 4.12. The van der Waals surface area contributed by atoms with E-state index >= 15 is 0 Å². The van der Waals surface area contributed by atoms with Crippen molar-refractivity contribution in [2.75, 3.05) is 6.61 Å². The van der Waals surface area contributed by atoms with Gasteiger partial charge in [0.15, 0.2) is 0 Å². The number of hydrogen-bond acceptors (Lipinski definition) is 4. The van der Waals surface area contributed by atoms with Crippen LogP contribution in [0, 0.1) is 6.92 Å². The predicted octanol–water partition coefficient (Wildman–Crippen LogP) is 3.14. The Bertz CT molecular complexity index is 389. The van der Waals surface area contributed by atoms with E-state index in [0.29, 0.717) is 12.2 Å². The van der Waals surface area contributed by atoms with Gasteiger partial charge in [0.25, 0.3) is 0 Å². The summed E-state index contributed by atoms with van der Waals surface area (Å²) >= 11 is 0. The number of carbonyl (C=O) groups is 1. The molecule has 2 N–H and O–H groups in total. The Morgan fingerprint density at radius 1 is 1.22 bits per heavy atom. The maximum absolute atomic E-state index is 11.8. The topological polar surface area (TPSA) is 66.8 Å². The van der Waals surface area contributed by atoms with Crippen molar-refractivity contribution in [3.05, 3.63) is 23.3 Å². The third kappa shape index (κ3) is 3.95. The Morgan fingerprint density at radius 2 is 1.94 bits per heavy atom. The van der Waals surface area contributed by atoms with Crippen molar-refractivity contribution in [1.82, 2.24) is 0 Å². The van der Waals surface area contributed by atoms with Crippen LogP contribution in [0.15, 0.2) is 12.1 Å². The van der Waals surface area contributed by atoms with Gasteiger partial charge < -0.3 is 14.9 Å². The molecule has 0 unspecified atom stereocenters. The van der Waals surface area contributed by atoms with Crippen LogP contribution in [-0.2, 0) is 4.74 Å². The number of benzene rings is 1. The average molecular weight is 252 g/mol. The number of unbranched alkanes of at least 4 members (excludes halogenated alkanes) is 3. The molecular weight excluding hydrogens is 232 g/mol. The molecule has 100 valence electrons. The van der Waals surface area contributed by atoms with Crippen LogP contribution in [0.25, 0.3) is 0 Å². The zero-order chi connectivity index (χ0) is 13.5. The van der Waals surface area contributed by atoms with Crippen LogP contribution < -0.4 is 0 Å². The summed E-state index contributed by atoms with van der Waals surface area (Å²) in [5, 5.41) is 18.9. The Morgan fingerprint density at radius 3 is 2.56 bits per heavy atom. The van der Waals surface area contributed by atoms with Gasteiger partial charge in [0.05, 0.1) is 6.61 Å². The van der Waals surface area contributed by atoms with Gasteiger partial charge in [0, 0.05) is 6.07 Å². The van der Waals surface area contributed by atoms with Crippen LogP contribution in [-0.4, -0.2) is 22.8 Å². The minimum Gasteiger partial charge on any atom is -0.508 e. The summed E-state index contributed by atoms with van der Waals surface area (Å²) in [5.74, 6) is -0.850. The maximum atomic E-state index is 11.8. The molecule has 0 bridgehead atoms. The molecule has 0 atom stereocenters. The number of rotatable bonds is 6. The SMILES string of the molecule is CCCCCCOC(=O)c1c(C)cc(O)cc1O. The summed E-state index contributed by atoms with van der Waals surface area (Å²) in [6, 6.07) is 2.56. The molecule has 4 nitrogen and oxygen atoms in total. The van der Waals surface area contributed by atoms with Crippen molar-refractivity contribution in [1.29, 1.82) is 0 Å². The lowest BCUT2D eigenvalue weighted by atomic mass is 10.1. The molecule has 0 saturated heterocycles. The van der Waals surface area contributed by atoms with Gasteiger partial charge in [-0.25, -0.2) is 4.79 Å². The van der Waals surface area contributed by atoms with E-state index in [-0.39, 0.29) is 17.1 Å². The van der Waals surface area contributed by atoms with Crippen molar-refractivity contribution in [2.24, 2.45) is 0 Å². The van der Waals surface area contributed by atoms with E-state index < -0.39 is 5.97 Å². The van der Waals surface area contributed by atoms with Gasteiger partial charge in [-0.15, -0.1) is 0 Å². The molecule has 0 aliphatic heterocycles. The second kappa shape index (κ2) is 6.89. The van der Waals surface area contributed by atoms with Crippen LogP contribution >= 0.6 is 0 Å². The summed E-state index contributed by atoms with van der Waals surface area (Å²) in [6.45, 7) is 4.12. The lowest BCUT2D eigenvalue weighted by molar-refractivity contribution is 0.0493. The fourth-order valence-electron chi connectivity index (χ4n) is 1.78. The second-order valence-electron chi connectivity index (χ2n) is 4.35. The van der Waals surface area contributed by atoms with E-state index in [1.165, 1.54) is 6.07 Å². The molecule has 1 aromatic carbocycles. The van der Waals surface area contributed by atoms with Crippen molar-refractivity contribution in [3.63, 3.8) is 0 Å². The highest BCUT2D eigenvalue weighted by atomic mass is 16.5. The van der Waals surface area contributed by atoms with Crippen molar-refractivity contribution in [2.45, 2.75) is 39.5 Å². The maximum Gasteiger partial charge on any atom is 0.342 e. The summed E-state index contributed by atoms with van der Waals surface area (Å²) < 4.78 is 5.10. The summed E-state index contributed by atoms with van der Waals surface area (Å²) in [5.41, 5.74) is 0.634. The Hall–Kier alpha value is -1.71. The standard InChI is InChI=1S/C14H20O4/c1-3-4-5-6-7-18-14(17)13-10(2)8-11(15)9-12(13)16/h8-9,15-16H,3-7H2,1-2H3. The van der Waals surface area contributed by atoms with Gasteiger partial charge in [-0.3, -0.25) is 0 Å².